The van der Waals surface area contributed by atoms with E-state index in [-0.39, 0.29) is 12.1 Å². The number of carbonyl (C=O) groups is 2. The predicted octanol–water partition coefficient (Wildman–Crippen LogP) is 12.6. The maximum absolute atomic E-state index is 12.3. The molecule has 1 atom stereocenters. The number of carbonyl (C=O) groups excluding carboxylic acids is 1. The fraction of sp³-hybridized carbons (Fsp3) is 0.700. The van der Waals surface area contributed by atoms with Gasteiger partial charge in [0.05, 0.1) is 0 Å². The van der Waals surface area contributed by atoms with Crippen LogP contribution in [-0.4, -0.2) is 23.1 Å². The van der Waals surface area contributed by atoms with E-state index in [0.29, 0.717) is 12.8 Å². The highest BCUT2D eigenvalue weighted by atomic mass is 16.5. The molecule has 0 heterocycles. The Morgan fingerprint density at radius 2 is 0.932 bits per heavy atom. The van der Waals surface area contributed by atoms with Crippen molar-refractivity contribution < 1.29 is 19.4 Å². The van der Waals surface area contributed by atoms with E-state index in [9.17, 15) is 9.59 Å². The molecule has 0 fully saturated rings. The Morgan fingerprint density at radius 3 is 1.41 bits per heavy atom. The van der Waals surface area contributed by atoms with E-state index >= 15 is 0 Å². The number of hydrogen-bond acceptors (Lipinski definition) is 3. The molecular weight excluding hydrogens is 544 g/mol. The number of carboxylic acids is 1. The van der Waals surface area contributed by atoms with E-state index in [1.54, 1.807) is 0 Å². The summed E-state index contributed by atoms with van der Waals surface area (Å²) in [5.74, 6) is -0.695. The molecule has 0 spiro atoms. The topological polar surface area (TPSA) is 63.6 Å². The lowest BCUT2D eigenvalue weighted by molar-refractivity contribution is -0.149. The number of esters is 1. The van der Waals surface area contributed by atoms with Crippen molar-refractivity contribution in [3.05, 3.63) is 60.8 Å². The molecule has 252 valence electrons. The van der Waals surface area contributed by atoms with Gasteiger partial charge in [0, 0.05) is 12.8 Å². The number of unbranched alkanes of at least 4 members (excludes halogenated alkanes) is 14. The largest absolute Gasteiger partial charge is 0.481 e. The molecule has 0 amide bonds. The van der Waals surface area contributed by atoms with E-state index in [4.69, 9.17) is 9.84 Å². The fourth-order valence-corrected chi connectivity index (χ4v) is 5.08. The Balaban J connectivity index is 3.55. The van der Waals surface area contributed by atoms with Crippen molar-refractivity contribution in [1.82, 2.24) is 0 Å². The molecule has 1 unspecified atom stereocenters. The Labute approximate surface area is 272 Å². The lowest BCUT2D eigenvalue weighted by atomic mass is 10.0. The molecule has 0 aromatic carbocycles. The van der Waals surface area contributed by atoms with E-state index in [2.05, 4.69) is 74.6 Å². The quantitative estimate of drug-likeness (QED) is 0.0466. The van der Waals surface area contributed by atoms with Gasteiger partial charge in [-0.15, -0.1) is 0 Å². The van der Waals surface area contributed by atoms with Crippen LogP contribution in [-0.2, 0) is 14.3 Å². The van der Waals surface area contributed by atoms with Gasteiger partial charge in [0.15, 0.2) is 0 Å². The molecule has 0 aliphatic carbocycles. The summed E-state index contributed by atoms with van der Waals surface area (Å²) in [7, 11) is 0. The normalized spacial score (nSPS) is 13.0. The van der Waals surface area contributed by atoms with Crippen LogP contribution in [0.4, 0.5) is 0 Å². The average Bonchev–Trinajstić information content (AvgIpc) is 3.01. The van der Waals surface area contributed by atoms with Crippen LogP contribution in [0.2, 0.25) is 0 Å². The summed E-state index contributed by atoms with van der Waals surface area (Å²) in [5, 5.41) is 8.65. The van der Waals surface area contributed by atoms with Crippen LogP contribution in [0.5, 0.6) is 0 Å². The predicted molar refractivity (Wildman–Crippen MR) is 190 cm³/mol. The van der Waals surface area contributed by atoms with Crippen LogP contribution < -0.4 is 0 Å². The summed E-state index contributed by atoms with van der Waals surface area (Å²) in [5.41, 5.74) is 0. The second kappa shape index (κ2) is 35.1. The van der Waals surface area contributed by atoms with Crippen molar-refractivity contribution in [2.45, 2.75) is 180 Å². The van der Waals surface area contributed by atoms with Crippen LogP contribution in [0.25, 0.3) is 0 Å². The molecule has 0 aliphatic rings. The molecule has 0 rings (SSSR count). The van der Waals surface area contributed by atoms with E-state index in [0.717, 1.165) is 89.9 Å². The zero-order chi connectivity index (χ0) is 32.2. The molecule has 4 heteroatoms. The van der Waals surface area contributed by atoms with Crippen molar-refractivity contribution in [3.63, 3.8) is 0 Å². The Bertz CT molecular complexity index is 789. The summed E-state index contributed by atoms with van der Waals surface area (Å²) >= 11 is 0. The zero-order valence-corrected chi connectivity index (χ0v) is 28.7. The minimum Gasteiger partial charge on any atom is -0.481 e. The third-order valence-electron chi connectivity index (χ3n) is 7.83. The molecule has 0 radical (unpaired) electrons. The summed E-state index contributed by atoms with van der Waals surface area (Å²) in [6.45, 7) is 4.28. The smallest absolute Gasteiger partial charge is 0.306 e. The highest BCUT2D eigenvalue weighted by Gasteiger charge is 2.12. The molecule has 4 nitrogen and oxygen atoms in total. The molecule has 0 saturated heterocycles. The van der Waals surface area contributed by atoms with Crippen molar-refractivity contribution in [2.24, 2.45) is 0 Å². The summed E-state index contributed by atoms with van der Waals surface area (Å²) in [6, 6.07) is 0. The molecule has 1 N–H and O–H groups in total. The first-order valence-electron chi connectivity index (χ1n) is 18.3. The summed E-state index contributed by atoms with van der Waals surface area (Å²) < 4.78 is 5.75. The van der Waals surface area contributed by atoms with Gasteiger partial charge in [0.25, 0.3) is 0 Å². The van der Waals surface area contributed by atoms with Crippen LogP contribution in [0, 0.1) is 0 Å². The highest BCUT2D eigenvalue weighted by Crippen LogP contribution is 2.16. The van der Waals surface area contributed by atoms with Gasteiger partial charge in [0.1, 0.15) is 6.10 Å². The minimum absolute atomic E-state index is 0.0148. The van der Waals surface area contributed by atoms with E-state index < -0.39 is 5.97 Å². The van der Waals surface area contributed by atoms with Gasteiger partial charge in [-0.05, 0) is 77.0 Å². The second-order valence-corrected chi connectivity index (χ2v) is 12.0. The van der Waals surface area contributed by atoms with Crippen LogP contribution in [0.15, 0.2) is 60.8 Å². The minimum atomic E-state index is -0.680. The molecule has 0 aliphatic heterocycles. The number of aliphatic carboxylic acids is 1. The Morgan fingerprint density at radius 1 is 0.523 bits per heavy atom. The van der Waals surface area contributed by atoms with Crippen molar-refractivity contribution in [3.8, 4) is 0 Å². The molecule has 0 aromatic rings. The maximum atomic E-state index is 12.3. The lowest BCUT2D eigenvalue weighted by Gasteiger charge is -2.16. The summed E-state index contributed by atoms with van der Waals surface area (Å²) in [6.07, 6.45) is 48.9. The first-order chi connectivity index (χ1) is 21.6. The van der Waals surface area contributed by atoms with Gasteiger partial charge in [-0.2, -0.15) is 0 Å². The standard InChI is InChI=1S/C40H68O4/c1-3-5-6-7-8-9-10-11-12-13-14-15-16-17-18-19-20-25-28-31-34-37-40(43)44-38(4-2)35-32-29-26-23-21-22-24-27-30-33-36-39(41)42/h5-6,8-9,11-12,14-15,17-18,38H,3-4,7,10,13,16,19-37H2,1-2H3,(H,41,42)/b6-5-,9-8-,12-11-,15-14-,18-17-. The van der Waals surface area contributed by atoms with Crippen LogP contribution >= 0.6 is 0 Å². The summed E-state index contributed by atoms with van der Waals surface area (Å²) in [4.78, 5) is 22.8. The number of carboxylic acid groups (broad SMARTS) is 1. The molecule has 0 bridgehead atoms. The van der Waals surface area contributed by atoms with Gasteiger partial charge < -0.3 is 9.84 Å². The number of rotatable bonds is 32. The van der Waals surface area contributed by atoms with E-state index in [1.165, 1.54) is 57.8 Å². The van der Waals surface area contributed by atoms with Crippen molar-refractivity contribution in [2.75, 3.05) is 0 Å². The van der Waals surface area contributed by atoms with Gasteiger partial charge in [-0.1, -0.05) is 145 Å². The first-order valence-corrected chi connectivity index (χ1v) is 18.3. The van der Waals surface area contributed by atoms with Gasteiger partial charge in [-0.25, -0.2) is 0 Å². The number of allylic oxidation sites excluding steroid dienone is 10. The number of hydrogen-bond donors (Lipinski definition) is 1. The Hall–Kier alpha value is -2.36. The third-order valence-corrected chi connectivity index (χ3v) is 7.83. The lowest BCUT2D eigenvalue weighted by Crippen LogP contribution is -2.17. The van der Waals surface area contributed by atoms with Crippen LogP contribution in [0.3, 0.4) is 0 Å². The number of ether oxygens (including phenoxy) is 1. The molecule has 0 saturated carbocycles. The monoisotopic (exact) mass is 613 g/mol. The van der Waals surface area contributed by atoms with Crippen molar-refractivity contribution >= 4 is 11.9 Å². The van der Waals surface area contributed by atoms with Crippen LogP contribution in [0.1, 0.15) is 174 Å². The second-order valence-electron chi connectivity index (χ2n) is 12.0. The van der Waals surface area contributed by atoms with Crippen molar-refractivity contribution in [1.29, 1.82) is 0 Å². The van der Waals surface area contributed by atoms with Gasteiger partial charge in [0.2, 0.25) is 0 Å². The zero-order valence-electron chi connectivity index (χ0n) is 28.7. The van der Waals surface area contributed by atoms with E-state index in [1.807, 2.05) is 0 Å². The van der Waals surface area contributed by atoms with Gasteiger partial charge >= 0.3 is 11.9 Å². The molecule has 44 heavy (non-hydrogen) atoms. The SMILES string of the molecule is CC/C=C\C/C=C\C/C=C\C/C=C\C/C=C\CCCCCCCC(=O)OC(CC)CCCCCCCCCCCCC(=O)O. The third kappa shape index (κ3) is 34.1. The molecule has 0 aromatic heterocycles. The Kier molecular flexibility index (Phi) is 33.2. The molecular formula is C40H68O4. The average molecular weight is 613 g/mol. The van der Waals surface area contributed by atoms with Gasteiger partial charge in [-0.3, -0.25) is 9.59 Å². The highest BCUT2D eigenvalue weighted by molar-refractivity contribution is 5.69. The maximum Gasteiger partial charge on any atom is 0.306 e. The first kappa shape index (κ1) is 41.6. The fourth-order valence-electron chi connectivity index (χ4n) is 5.08.